The molecule has 4 rings (SSSR count). The molecular formula is C20H24N6O2. The van der Waals surface area contributed by atoms with Gasteiger partial charge in [0.05, 0.1) is 0 Å². The van der Waals surface area contributed by atoms with E-state index in [1.54, 1.807) is 15.5 Å². The van der Waals surface area contributed by atoms with Gasteiger partial charge in [0.1, 0.15) is 11.3 Å². The molecule has 8 heteroatoms. The van der Waals surface area contributed by atoms with Gasteiger partial charge < -0.3 is 20.2 Å². The first kappa shape index (κ1) is 18.2. The molecule has 1 aromatic carbocycles. The maximum atomic E-state index is 13.0. The van der Waals surface area contributed by atoms with Gasteiger partial charge >= 0.3 is 0 Å². The summed E-state index contributed by atoms with van der Waals surface area (Å²) in [6, 6.07) is 7.28. The summed E-state index contributed by atoms with van der Waals surface area (Å²) in [5, 5.41) is 17.7. The minimum atomic E-state index is -0.170. The van der Waals surface area contributed by atoms with Crippen molar-refractivity contribution in [3.63, 3.8) is 0 Å². The number of benzene rings is 1. The standard InChI is InChI=1S/C20H24N6O2/c1-13-4-5-15(12-16(13)27)21-18-17-14(2)6-7-26(17)23-19(22-18)20(28)25-10-8-24(3)9-11-25/h4-7,12,27H,8-11H2,1-3H3,(H,21,22,23). The van der Waals surface area contributed by atoms with Crippen LogP contribution in [0.2, 0.25) is 0 Å². The molecule has 3 aromatic rings. The number of hydrogen-bond donors (Lipinski definition) is 2. The van der Waals surface area contributed by atoms with Crippen molar-refractivity contribution in [1.82, 2.24) is 24.4 Å². The highest BCUT2D eigenvalue weighted by Gasteiger charge is 2.24. The topological polar surface area (TPSA) is 86.0 Å². The Labute approximate surface area is 163 Å². The van der Waals surface area contributed by atoms with E-state index in [9.17, 15) is 9.90 Å². The number of anilines is 2. The Morgan fingerprint density at radius 3 is 2.57 bits per heavy atom. The number of likely N-dealkylation sites (N-methyl/N-ethyl adjacent to an activating group) is 1. The van der Waals surface area contributed by atoms with Crippen molar-refractivity contribution in [2.24, 2.45) is 0 Å². The number of amides is 1. The predicted molar refractivity (Wildman–Crippen MR) is 107 cm³/mol. The normalized spacial score (nSPS) is 15.2. The lowest BCUT2D eigenvalue weighted by atomic mass is 10.2. The van der Waals surface area contributed by atoms with Gasteiger partial charge in [-0.1, -0.05) is 6.07 Å². The number of hydrogen-bond acceptors (Lipinski definition) is 6. The zero-order chi connectivity index (χ0) is 19.8. The quantitative estimate of drug-likeness (QED) is 0.724. The second-order valence-electron chi connectivity index (χ2n) is 7.30. The van der Waals surface area contributed by atoms with Crippen molar-refractivity contribution in [2.75, 3.05) is 38.5 Å². The number of phenolic OH excluding ortho intramolecular Hbond substituents is 1. The molecule has 1 fully saturated rings. The van der Waals surface area contributed by atoms with Gasteiger partial charge in [-0.15, -0.1) is 5.10 Å². The van der Waals surface area contributed by atoms with Crippen LogP contribution in [-0.2, 0) is 0 Å². The summed E-state index contributed by atoms with van der Waals surface area (Å²) in [5.74, 6) is 0.733. The molecule has 3 heterocycles. The van der Waals surface area contributed by atoms with Crippen LogP contribution in [0.25, 0.3) is 5.52 Å². The third-order valence-corrected chi connectivity index (χ3v) is 5.17. The maximum absolute atomic E-state index is 13.0. The van der Waals surface area contributed by atoms with E-state index >= 15 is 0 Å². The number of nitrogens with one attached hydrogen (secondary N) is 1. The Morgan fingerprint density at radius 2 is 1.86 bits per heavy atom. The second kappa shape index (κ2) is 7.12. The molecule has 28 heavy (non-hydrogen) atoms. The number of aromatic nitrogens is 3. The Hall–Kier alpha value is -3.13. The zero-order valence-corrected chi connectivity index (χ0v) is 16.3. The van der Waals surface area contributed by atoms with E-state index in [2.05, 4.69) is 20.3 Å². The molecule has 1 aliphatic heterocycles. The molecule has 0 bridgehead atoms. The highest BCUT2D eigenvalue weighted by molar-refractivity contribution is 5.92. The Balaban J connectivity index is 1.71. The molecule has 0 radical (unpaired) electrons. The van der Waals surface area contributed by atoms with Gasteiger partial charge in [-0.2, -0.15) is 0 Å². The van der Waals surface area contributed by atoms with Gasteiger partial charge in [0, 0.05) is 44.1 Å². The monoisotopic (exact) mass is 380 g/mol. The van der Waals surface area contributed by atoms with Gasteiger partial charge in [-0.25, -0.2) is 9.50 Å². The molecule has 0 unspecified atom stereocenters. The summed E-state index contributed by atoms with van der Waals surface area (Å²) in [6.45, 7) is 6.81. The minimum Gasteiger partial charge on any atom is -0.508 e. The van der Waals surface area contributed by atoms with Gasteiger partial charge in [0.25, 0.3) is 5.91 Å². The maximum Gasteiger partial charge on any atom is 0.293 e. The molecule has 0 atom stereocenters. The number of rotatable bonds is 3. The van der Waals surface area contributed by atoms with Crippen LogP contribution in [0.15, 0.2) is 30.5 Å². The fourth-order valence-corrected chi connectivity index (χ4v) is 3.33. The van der Waals surface area contributed by atoms with Crippen molar-refractivity contribution in [3.8, 4) is 5.75 Å². The lowest BCUT2D eigenvalue weighted by Gasteiger charge is -2.31. The smallest absolute Gasteiger partial charge is 0.293 e. The van der Waals surface area contributed by atoms with Crippen LogP contribution in [-0.4, -0.2) is 68.6 Å². The summed E-state index contributed by atoms with van der Waals surface area (Å²) >= 11 is 0. The number of nitrogens with zero attached hydrogens (tertiary/aromatic N) is 5. The molecule has 1 aliphatic rings. The van der Waals surface area contributed by atoms with Gasteiger partial charge in [0.15, 0.2) is 5.82 Å². The Kier molecular flexibility index (Phi) is 4.64. The van der Waals surface area contributed by atoms with E-state index in [1.807, 2.05) is 45.3 Å². The number of aryl methyl sites for hydroxylation is 2. The number of phenols is 1. The number of piperazine rings is 1. The van der Waals surface area contributed by atoms with Crippen LogP contribution in [0.5, 0.6) is 5.75 Å². The molecule has 0 aliphatic carbocycles. The largest absolute Gasteiger partial charge is 0.508 e. The molecule has 2 N–H and O–H groups in total. The van der Waals surface area contributed by atoms with Crippen molar-refractivity contribution in [2.45, 2.75) is 13.8 Å². The minimum absolute atomic E-state index is 0.159. The number of carbonyl (C=O) groups excluding carboxylic acids is 1. The van der Waals surface area contributed by atoms with Crippen LogP contribution in [0.1, 0.15) is 21.7 Å². The SMILES string of the molecule is Cc1ccc(Nc2nc(C(=O)N3CCN(C)CC3)nn3ccc(C)c23)cc1O. The molecule has 2 aromatic heterocycles. The van der Waals surface area contributed by atoms with Crippen LogP contribution in [0.4, 0.5) is 11.5 Å². The molecule has 1 saturated heterocycles. The first-order valence-corrected chi connectivity index (χ1v) is 9.33. The summed E-state index contributed by atoms with van der Waals surface area (Å²) in [5.41, 5.74) is 3.29. The Bertz CT molecular complexity index is 1040. The molecule has 1 amide bonds. The first-order valence-electron chi connectivity index (χ1n) is 9.33. The van der Waals surface area contributed by atoms with Crippen molar-refractivity contribution in [1.29, 1.82) is 0 Å². The van der Waals surface area contributed by atoms with E-state index in [-0.39, 0.29) is 17.5 Å². The van der Waals surface area contributed by atoms with Gasteiger partial charge in [-0.05, 0) is 44.2 Å². The Morgan fingerprint density at radius 1 is 1.11 bits per heavy atom. The highest BCUT2D eigenvalue weighted by atomic mass is 16.3. The summed E-state index contributed by atoms with van der Waals surface area (Å²) in [7, 11) is 2.05. The average molecular weight is 380 g/mol. The van der Waals surface area contributed by atoms with E-state index in [1.165, 1.54) is 0 Å². The molecular weight excluding hydrogens is 356 g/mol. The second-order valence-corrected chi connectivity index (χ2v) is 7.30. The van der Waals surface area contributed by atoms with E-state index in [0.717, 1.165) is 29.7 Å². The molecule has 146 valence electrons. The van der Waals surface area contributed by atoms with Crippen molar-refractivity contribution >= 4 is 22.9 Å². The van der Waals surface area contributed by atoms with Crippen LogP contribution in [0, 0.1) is 13.8 Å². The van der Waals surface area contributed by atoms with Crippen LogP contribution < -0.4 is 5.32 Å². The van der Waals surface area contributed by atoms with Gasteiger partial charge in [0.2, 0.25) is 5.82 Å². The zero-order valence-electron chi connectivity index (χ0n) is 16.3. The fourth-order valence-electron chi connectivity index (χ4n) is 3.33. The summed E-state index contributed by atoms with van der Waals surface area (Å²) in [6.07, 6.45) is 1.82. The van der Waals surface area contributed by atoms with Crippen molar-refractivity contribution in [3.05, 3.63) is 47.4 Å². The third-order valence-electron chi connectivity index (χ3n) is 5.17. The number of aromatic hydroxyl groups is 1. The van der Waals surface area contributed by atoms with Crippen molar-refractivity contribution < 1.29 is 9.90 Å². The predicted octanol–water partition coefficient (Wildman–Crippen LogP) is 2.18. The highest BCUT2D eigenvalue weighted by Crippen LogP contribution is 2.27. The third kappa shape index (κ3) is 3.38. The average Bonchev–Trinajstić information content (AvgIpc) is 3.06. The molecule has 0 saturated carbocycles. The van der Waals surface area contributed by atoms with Crippen LogP contribution in [0.3, 0.4) is 0 Å². The number of carbonyl (C=O) groups is 1. The lowest BCUT2D eigenvalue weighted by Crippen LogP contribution is -2.47. The molecule has 8 nitrogen and oxygen atoms in total. The first-order chi connectivity index (χ1) is 13.4. The summed E-state index contributed by atoms with van der Waals surface area (Å²) in [4.78, 5) is 21.5. The number of fused-ring (bicyclic) bond motifs is 1. The molecule has 0 spiro atoms. The van der Waals surface area contributed by atoms with E-state index < -0.39 is 0 Å². The fraction of sp³-hybridized carbons (Fsp3) is 0.350. The lowest BCUT2D eigenvalue weighted by molar-refractivity contribution is 0.0650. The van der Waals surface area contributed by atoms with Crippen LogP contribution >= 0.6 is 0 Å². The van der Waals surface area contributed by atoms with Gasteiger partial charge in [-0.3, -0.25) is 4.79 Å². The van der Waals surface area contributed by atoms with E-state index in [0.29, 0.717) is 24.6 Å². The van der Waals surface area contributed by atoms with E-state index in [4.69, 9.17) is 0 Å². The summed E-state index contributed by atoms with van der Waals surface area (Å²) < 4.78 is 1.68.